The summed E-state index contributed by atoms with van der Waals surface area (Å²) >= 11 is 12.0. The number of hydrogen-bond acceptors (Lipinski definition) is 3. The number of carbonyl (C=O) groups excluding carboxylic acids is 1. The Balaban J connectivity index is 2.26. The number of rotatable bonds is 3. The number of nitrogen functional groups attached to an aromatic ring is 1. The van der Waals surface area contributed by atoms with Gasteiger partial charge in [0.1, 0.15) is 0 Å². The lowest BCUT2D eigenvalue weighted by molar-refractivity contribution is 0.102. The number of benzene rings is 2. The zero-order valence-electron chi connectivity index (χ0n) is 10.7. The van der Waals surface area contributed by atoms with E-state index < -0.39 is 0 Å². The van der Waals surface area contributed by atoms with Crippen LogP contribution in [0.25, 0.3) is 0 Å². The molecule has 0 aliphatic carbocycles. The van der Waals surface area contributed by atoms with E-state index >= 15 is 0 Å². The largest absolute Gasteiger partial charge is 0.397 e. The molecule has 0 heterocycles. The first-order valence-corrected chi connectivity index (χ1v) is 6.60. The molecule has 0 bridgehead atoms. The van der Waals surface area contributed by atoms with Gasteiger partial charge in [-0.1, -0.05) is 29.3 Å². The predicted octanol–water partition coefficient (Wildman–Crippen LogP) is 3.87. The summed E-state index contributed by atoms with van der Waals surface area (Å²) in [5.41, 5.74) is 7.95. The average molecular weight is 310 g/mol. The highest BCUT2D eigenvalue weighted by Crippen LogP contribution is 2.31. The maximum Gasteiger partial charge on any atom is 0.255 e. The molecule has 2 aromatic rings. The number of carbonyl (C=O) groups is 1. The van der Waals surface area contributed by atoms with Crippen molar-refractivity contribution in [3.63, 3.8) is 0 Å². The van der Waals surface area contributed by atoms with Crippen LogP contribution in [0, 0.1) is 0 Å². The Morgan fingerprint density at radius 3 is 2.55 bits per heavy atom. The monoisotopic (exact) mass is 309 g/mol. The van der Waals surface area contributed by atoms with E-state index in [0.29, 0.717) is 32.7 Å². The molecule has 0 spiro atoms. The van der Waals surface area contributed by atoms with Crippen molar-refractivity contribution in [2.24, 2.45) is 0 Å². The summed E-state index contributed by atoms with van der Waals surface area (Å²) < 4.78 is 0. The summed E-state index contributed by atoms with van der Waals surface area (Å²) in [5.74, 6) is -0.300. The number of halogens is 2. The van der Waals surface area contributed by atoms with Crippen LogP contribution in [0.4, 0.5) is 17.1 Å². The summed E-state index contributed by atoms with van der Waals surface area (Å²) in [6.45, 7) is 0. The molecule has 2 rings (SSSR count). The molecule has 0 aromatic heterocycles. The topological polar surface area (TPSA) is 67.1 Å². The third kappa shape index (κ3) is 3.15. The van der Waals surface area contributed by atoms with Gasteiger partial charge in [-0.15, -0.1) is 0 Å². The summed E-state index contributed by atoms with van der Waals surface area (Å²) in [7, 11) is 1.74. The summed E-state index contributed by atoms with van der Waals surface area (Å²) in [6, 6.07) is 9.92. The molecule has 104 valence electrons. The van der Waals surface area contributed by atoms with Crippen LogP contribution in [0.15, 0.2) is 36.4 Å². The Morgan fingerprint density at radius 2 is 1.90 bits per heavy atom. The molecule has 0 fully saturated rings. The molecular weight excluding hydrogens is 297 g/mol. The van der Waals surface area contributed by atoms with Crippen LogP contribution in [-0.2, 0) is 0 Å². The fourth-order valence-corrected chi connectivity index (χ4v) is 2.13. The van der Waals surface area contributed by atoms with Gasteiger partial charge < -0.3 is 16.4 Å². The summed E-state index contributed by atoms with van der Waals surface area (Å²) in [5, 5.41) is 6.52. The molecule has 1 amide bonds. The lowest BCUT2D eigenvalue weighted by Crippen LogP contribution is -2.12. The van der Waals surface area contributed by atoms with Gasteiger partial charge in [0, 0.05) is 17.6 Å². The molecule has 0 radical (unpaired) electrons. The molecule has 4 nitrogen and oxygen atoms in total. The number of nitrogens with one attached hydrogen (secondary N) is 2. The van der Waals surface area contributed by atoms with Crippen LogP contribution in [0.3, 0.4) is 0 Å². The van der Waals surface area contributed by atoms with Crippen molar-refractivity contribution < 1.29 is 4.79 Å². The average Bonchev–Trinajstić information content (AvgIpc) is 2.42. The van der Waals surface area contributed by atoms with Crippen molar-refractivity contribution in [2.45, 2.75) is 0 Å². The molecule has 0 saturated heterocycles. The Morgan fingerprint density at radius 1 is 1.15 bits per heavy atom. The maximum absolute atomic E-state index is 12.1. The number of amides is 1. The second kappa shape index (κ2) is 6.03. The molecule has 6 heteroatoms. The fourth-order valence-electron chi connectivity index (χ4n) is 1.73. The molecule has 4 N–H and O–H groups in total. The number of nitrogens with two attached hydrogens (primary N) is 1. The van der Waals surface area contributed by atoms with Crippen LogP contribution in [-0.4, -0.2) is 13.0 Å². The molecule has 0 saturated carbocycles. The van der Waals surface area contributed by atoms with Gasteiger partial charge in [-0.05, 0) is 30.3 Å². The second-order valence-corrected chi connectivity index (χ2v) is 4.98. The van der Waals surface area contributed by atoms with Crippen molar-refractivity contribution in [2.75, 3.05) is 23.4 Å². The van der Waals surface area contributed by atoms with Gasteiger partial charge in [-0.3, -0.25) is 4.79 Å². The Bertz CT molecular complexity index is 659. The molecule has 0 aliphatic heterocycles. The van der Waals surface area contributed by atoms with Gasteiger partial charge in [-0.2, -0.15) is 0 Å². The highest BCUT2D eigenvalue weighted by Gasteiger charge is 2.11. The summed E-state index contributed by atoms with van der Waals surface area (Å²) in [6.07, 6.45) is 0. The van der Waals surface area contributed by atoms with E-state index in [-0.39, 0.29) is 5.91 Å². The molecular formula is C14H13Cl2N3O. The predicted molar refractivity (Wildman–Crippen MR) is 84.8 cm³/mol. The third-order valence-corrected chi connectivity index (χ3v) is 3.29. The molecule has 20 heavy (non-hydrogen) atoms. The SMILES string of the molecule is CNc1cc(Cl)c(NC(=O)c2cccc(Cl)c2)cc1N. The first-order valence-electron chi connectivity index (χ1n) is 5.85. The zero-order chi connectivity index (χ0) is 14.7. The Kier molecular flexibility index (Phi) is 4.37. The Hall–Kier alpha value is -1.91. The minimum atomic E-state index is -0.300. The van der Waals surface area contributed by atoms with Crippen LogP contribution < -0.4 is 16.4 Å². The van der Waals surface area contributed by atoms with E-state index in [4.69, 9.17) is 28.9 Å². The molecule has 0 atom stereocenters. The molecule has 2 aromatic carbocycles. The molecule has 0 unspecified atom stereocenters. The van der Waals surface area contributed by atoms with Crippen molar-refractivity contribution in [1.82, 2.24) is 0 Å². The van der Waals surface area contributed by atoms with Crippen molar-refractivity contribution in [1.29, 1.82) is 0 Å². The van der Waals surface area contributed by atoms with Gasteiger partial charge in [0.15, 0.2) is 0 Å². The van der Waals surface area contributed by atoms with Crippen molar-refractivity contribution in [3.05, 3.63) is 52.0 Å². The first-order chi connectivity index (χ1) is 9.51. The summed E-state index contributed by atoms with van der Waals surface area (Å²) in [4.78, 5) is 12.1. The third-order valence-electron chi connectivity index (χ3n) is 2.74. The Labute approximate surface area is 126 Å². The van der Waals surface area contributed by atoms with Gasteiger partial charge in [-0.25, -0.2) is 0 Å². The van der Waals surface area contributed by atoms with Crippen LogP contribution in [0.1, 0.15) is 10.4 Å². The first kappa shape index (κ1) is 14.5. The van der Waals surface area contributed by atoms with Gasteiger partial charge in [0.2, 0.25) is 0 Å². The number of hydrogen-bond donors (Lipinski definition) is 3. The van der Waals surface area contributed by atoms with E-state index in [1.165, 1.54) is 0 Å². The minimum absolute atomic E-state index is 0.300. The quantitative estimate of drug-likeness (QED) is 0.754. The zero-order valence-corrected chi connectivity index (χ0v) is 12.2. The van der Waals surface area contributed by atoms with E-state index in [2.05, 4.69) is 10.6 Å². The number of anilines is 3. The fraction of sp³-hybridized carbons (Fsp3) is 0.0714. The van der Waals surface area contributed by atoms with Gasteiger partial charge in [0.25, 0.3) is 5.91 Å². The standard InChI is InChI=1S/C14H13Cl2N3O/c1-18-13-6-10(16)12(7-11(13)17)19-14(20)8-3-2-4-9(15)5-8/h2-7,18H,17H2,1H3,(H,19,20). The minimum Gasteiger partial charge on any atom is -0.397 e. The smallest absolute Gasteiger partial charge is 0.255 e. The second-order valence-electron chi connectivity index (χ2n) is 4.13. The highest BCUT2D eigenvalue weighted by molar-refractivity contribution is 6.34. The van der Waals surface area contributed by atoms with Crippen LogP contribution >= 0.6 is 23.2 Å². The lowest BCUT2D eigenvalue weighted by Gasteiger charge is -2.11. The van der Waals surface area contributed by atoms with E-state index in [0.717, 1.165) is 0 Å². The highest BCUT2D eigenvalue weighted by atomic mass is 35.5. The van der Waals surface area contributed by atoms with Crippen molar-refractivity contribution in [3.8, 4) is 0 Å². The molecule has 0 aliphatic rings. The normalized spacial score (nSPS) is 10.2. The lowest BCUT2D eigenvalue weighted by atomic mass is 10.2. The van der Waals surface area contributed by atoms with Crippen LogP contribution in [0.2, 0.25) is 10.0 Å². The van der Waals surface area contributed by atoms with E-state index in [1.54, 1.807) is 43.4 Å². The van der Waals surface area contributed by atoms with Gasteiger partial charge >= 0.3 is 0 Å². The van der Waals surface area contributed by atoms with E-state index in [1.807, 2.05) is 0 Å². The van der Waals surface area contributed by atoms with Crippen LogP contribution in [0.5, 0.6) is 0 Å². The van der Waals surface area contributed by atoms with Crippen molar-refractivity contribution >= 4 is 46.2 Å². The van der Waals surface area contributed by atoms with E-state index in [9.17, 15) is 4.79 Å². The maximum atomic E-state index is 12.1. The van der Waals surface area contributed by atoms with Gasteiger partial charge in [0.05, 0.1) is 22.1 Å².